The van der Waals surface area contributed by atoms with Crippen LogP contribution in [-0.2, 0) is 6.54 Å². The van der Waals surface area contributed by atoms with Gasteiger partial charge in [-0.25, -0.2) is 0 Å². The summed E-state index contributed by atoms with van der Waals surface area (Å²) in [6.07, 6.45) is 0. The standard InChI is InChI=1S/C23H21BrN2OS/c1-15-7-6-8-17(11-15)13-26-20(12-21-22(26)19(24)14-28-21)23(27)25-16(2)18-9-4-3-5-10-18/h3-12,14,16H,13H2,1-2H3,(H,25,27). The van der Waals surface area contributed by atoms with E-state index in [1.807, 2.05) is 43.3 Å². The molecule has 1 N–H and O–H groups in total. The molecule has 5 heteroatoms. The molecule has 0 bridgehead atoms. The number of fused-ring (bicyclic) bond motifs is 1. The Morgan fingerprint density at radius 3 is 2.68 bits per heavy atom. The van der Waals surface area contributed by atoms with Crippen molar-refractivity contribution in [1.29, 1.82) is 0 Å². The predicted molar refractivity (Wildman–Crippen MR) is 120 cm³/mol. The first-order valence-electron chi connectivity index (χ1n) is 9.20. The lowest BCUT2D eigenvalue weighted by Crippen LogP contribution is -2.28. The van der Waals surface area contributed by atoms with E-state index in [1.54, 1.807) is 11.3 Å². The molecule has 2 heterocycles. The predicted octanol–water partition coefficient (Wildman–Crippen LogP) is 6.31. The summed E-state index contributed by atoms with van der Waals surface area (Å²) in [6, 6.07) is 20.4. The van der Waals surface area contributed by atoms with Gasteiger partial charge >= 0.3 is 0 Å². The lowest BCUT2D eigenvalue weighted by Gasteiger charge is -2.16. The molecule has 0 fully saturated rings. The smallest absolute Gasteiger partial charge is 0.268 e. The number of hydrogen-bond donors (Lipinski definition) is 1. The van der Waals surface area contributed by atoms with Crippen LogP contribution in [0.5, 0.6) is 0 Å². The van der Waals surface area contributed by atoms with Crippen molar-refractivity contribution in [1.82, 2.24) is 9.88 Å². The Morgan fingerprint density at radius 1 is 1.14 bits per heavy atom. The van der Waals surface area contributed by atoms with E-state index in [9.17, 15) is 4.79 Å². The zero-order chi connectivity index (χ0) is 19.7. The molecule has 2 aromatic carbocycles. The van der Waals surface area contributed by atoms with Crippen molar-refractivity contribution < 1.29 is 4.79 Å². The third kappa shape index (κ3) is 3.77. The maximum Gasteiger partial charge on any atom is 0.268 e. The van der Waals surface area contributed by atoms with Crippen LogP contribution in [0.25, 0.3) is 10.2 Å². The molecule has 0 radical (unpaired) electrons. The van der Waals surface area contributed by atoms with Gasteiger partial charge in [0.25, 0.3) is 5.91 Å². The third-order valence-electron chi connectivity index (χ3n) is 4.88. The second-order valence-electron chi connectivity index (χ2n) is 7.01. The van der Waals surface area contributed by atoms with Gasteiger partial charge < -0.3 is 9.88 Å². The van der Waals surface area contributed by atoms with Crippen molar-refractivity contribution in [3.05, 3.63) is 92.9 Å². The number of nitrogens with zero attached hydrogens (tertiary/aromatic N) is 1. The molecular formula is C23H21BrN2OS. The van der Waals surface area contributed by atoms with Gasteiger partial charge in [0.15, 0.2) is 0 Å². The molecule has 3 nitrogen and oxygen atoms in total. The molecule has 0 saturated carbocycles. The average molecular weight is 453 g/mol. The number of aryl methyl sites for hydroxylation is 1. The Balaban J connectivity index is 1.69. The highest BCUT2D eigenvalue weighted by Crippen LogP contribution is 2.34. The highest BCUT2D eigenvalue weighted by atomic mass is 79.9. The van der Waals surface area contributed by atoms with E-state index in [4.69, 9.17) is 0 Å². The minimum absolute atomic E-state index is 0.0562. The summed E-state index contributed by atoms with van der Waals surface area (Å²) in [5.41, 5.74) is 5.25. The van der Waals surface area contributed by atoms with Crippen molar-refractivity contribution >= 4 is 43.4 Å². The summed E-state index contributed by atoms with van der Waals surface area (Å²) < 4.78 is 4.24. The van der Waals surface area contributed by atoms with Crippen molar-refractivity contribution in [2.24, 2.45) is 0 Å². The van der Waals surface area contributed by atoms with Gasteiger partial charge in [-0.2, -0.15) is 0 Å². The third-order valence-corrected chi connectivity index (χ3v) is 6.71. The fourth-order valence-corrected chi connectivity index (χ4v) is 5.17. The summed E-state index contributed by atoms with van der Waals surface area (Å²) in [5.74, 6) is -0.0562. The number of halogens is 1. The summed E-state index contributed by atoms with van der Waals surface area (Å²) >= 11 is 5.30. The maximum atomic E-state index is 13.1. The zero-order valence-corrected chi connectivity index (χ0v) is 18.2. The van der Waals surface area contributed by atoms with Gasteiger partial charge in [0.1, 0.15) is 5.69 Å². The highest BCUT2D eigenvalue weighted by molar-refractivity contribution is 9.10. The van der Waals surface area contributed by atoms with Gasteiger partial charge in [-0.05, 0) is 47.0 Å². The Morgan fingerprint density at radius 2 is 1.93 bits per heavy atom. The molecule has 142 valence electrons. The maximum absolute atomic E-state index is 13.1. The quantitative estimate of drug-likeness (QED) is 0.377. The van der Waals surface area contributed by atoms with Crippen molar-refractivity contribution in [3.63, 3.8) is 0 Å². The van der Waals surface area contributed by atoms with E-state index in [0.29, 0.717) is 12.2 Å². The molecule has 1 amide bonds. The number of aromatic nitrogens is 1. The fraction of sp³-hybridized carbons (Fsp3) is 0.174. The fourth-order valence-electron chi connectivity index (χ4n) is 3.47. The van der Waals surface area contributed by atoms with E-state index in [1.165, 1.54) is 11.1 Å². The van der Waals surface area contributed by atoms with Crippen molar-refractivity contribution in [2.45, 2.75) is 26.4 Å². The van der Waals surface area contributed by atoms with Crippen LogP contribution in [0.2, 0.25) is 0 Å². The van der Waals surface area contributed by atoms with Gasteiger partial charge in [-0.3, -0.25) is 4.79 Å². The molecule has 1 atom stereocenters. The lowest BCUT2D eigenvalue weighted by molar-refractivity contribution is 0.0931. The minimum Gasteiger partial charge on any atom is -0.344 e. The molecule has 4 rings (SSSR count). The van der Waals surface area contributed by atoms with Crippen LogP contribution < -0.4 is 5.32 Å². The zero-order valence-electron chi connectivity index (χ0n) is 15.8. The van der Waals surface area contributed by atoms with Gasteiger partial charge in [0.05, 0.1) is 20.7 Å². The highest BCUT2D eigenvalue weighted by Gasteiger charge is 2.20. The summed E-state index contributed by atoms with van der Waals surface area (Å²) in [4.78, 5) is 13.1. The Bertz CT molecular complexity index is 1130. The molecule has 28 heavy (non-hydrogen) atoms. The molecule has 0 aliphatic heterocycles. The van der Waals surface area contributed by atoms with E-state index in [-0.39, 0.29) is 11.9 Å². The Labute approximate surface area is 177 Å². The SMILES string of the molecule is Cc1cccc(Cn2c(C(=O)NC(C)c3ccccc3)cc3scc(Br)c32)c1. The number of carbonyl (C=O) groups excluding carboxylic acids is 1. The van der Waals surface area contributed by atoms with Gasteiger partial charge in [-0.15, -0.1) is 11.3 Å². The number of nitrogens with one attached hydrogen (secondary N) is 1. The number of benzene rings is 2. The molecule has 0 aliphatic carbocycles. The van der Waals surface area contributed by atoms with E-state index in [0.717, 1.165) is 20.3 Å². The summed E-state index contributed by atoms with van der Waals surface area (Å²) in [7, 11) is 0. The number of rotatable bonds is 5. The largest absolute Gasteiger partial charge is 0.344 e. The van der Waals surface area contributed by atoms with Crippen LogP contribution >= 0.6 is 27.3 Å². The van der Waals surface area contributed by atoms with Crippen LogP contribution in [0.1, 0.15) is 40.1 Å². The Kier molecular flexibility index (Phi) is 5.38. The minimum atomic E-state index is -0.0579. The molecule has 0 spiro atoms. The number of carbonyl (C=O) groups is 1. The molecular weight excluding hydrogens is 432 g/mol. The molecule has 4 aromatic rings. The van der Waals surface area contributed by atoms with Crippen LogP contribution in [0.15, 0.2) is 70.5 Å². The molecule has 0 aliphatic rings. The first-order chi connectivity index (χ1) is 13.5. The monoisotopic (exact) mass is 452 g/mol. The second kappa shape index (κ2) is 7.94. The first-order valence-corrected chi connectivity index (χ1v) is 10.9. The van der Waals surface area contributed by atoms with Crippen molar-refractivity contribution in [2.75, 3.05) is 0 Å². The number of hydrogen-bond acceptors (Lipinski definition) is 2. The normalized spacial score (nSPS) is 12.2. The number of thiophene rings is 1. The van der Waals surface area contributed by atoms with Crippen LogP contribution in [-0.4, -0.2) is 10.5 Å². The van der Waals surface area contributed by atoms with Crippen LogP contribution in [0.3, 0.4) is 0 Å². The lowest BCUT2D eigenvalue weighted by atomic mass is 10.1. The van der Waals surface area contributed by atoms with E-state index >= 15 is 0 Å². The van der Waals surface area contributed by atoms with Gasteiger partial charge in [-0.1, -0.05) is 60.2 Å². The average Bonchev–Trinajstić information content (AvgIpc) is 3.23. The summed E-state index contributed by atoms with van der Waals surface area (Å²) in [5, 5.41) is 5.22. The topological polar surface area (TPSA) is 34.0 Å². The van der Waals surface area contributed by atoms with Gasteiger partial charge in [0, 0.05) is 11.9 Å². The van der Waals surface area contributed by atoms with Gasteiger partial charge in [0.2, 0.25) is 0 Å². The number of amides is 1. The molecule has 0 saturated heterocycles. The first kappa shape index (κ1) is 19.0. The van der Waals surface area contributed by atoms with E-state index < -0.39 is 0 Å². The van der Waals surface area contributed by atoms with Crippen LogP contribution in [0, 0.1) is 6.92 Å². The summed E-state index contributed by atoms with van der Waals surface area (Å²) in [6.45, 7) is 4.76. The van der Waals surface area contributed by atoms with Crippen molar-refractivity contribution in [3.8, 4) is 0 Å². The second-order valence-corrected chi connectivity index (χ2v) is 8.77. The molecule has 1 unspecified atom stereocenters. The Hall–Kier alpha value is -2.37. The molecule has 2 aromatic heterocycles. The van der Waals surface area contributed by atoms with E-state index in [2.05, 4.69) is 62.4 Å². The van der Waals surface area contributed by atoms with Crippen LogP contribution in [0.4, 0.5) is 0 Å².